The van der Waals surface area contributed by atoms with Crippen molar-refractivity contribution in [2.45, 2.75) is 19.3 Å². The van der Waals surface area contributed by atoms with E-state index in [9.17, 15) is 4.39 Å². The fourth-order valence-corrected chi connectivity index (χ4v) is 1.67. The predicted octanol–water partition coefficient (Wildman–Crippen LogP) is 1.52. The molecule has 1 heterocycles. The summed E-state index contributed by atoms with van der Waals surface area (Å²) in [5.74, 6) is 1.13. The molecule has 1 N–H and O–H groups in total. The summed E-state index contributed by atoms with van der Waals surface area (Å²) in [5, 5.41) is 13.6. The van der Waals surface area contributed by atoms with Crippen molar-refractivity contribution in [3.8, 4) is 5.75 Å². The highest BCUT2D eigenvalue weighted by Crippen LogP contribution is 2.21. The second-order valence-electron chi connectivity index (χ2n) is 3.64. The molecule has 5 nitrogen and oxygen atoms in total. The quantitative estimate of drug-likeness (QED) is 0.855. The fraction of sp³-hybridized carbons (Fsp3) is 0.364. The Morgan fingerprint density at radius 3 is 2.94 bits per heavy atom. The van der Waals surface area contributed by atoms with Crippen LogP contribution in [0.1, 0.15) is 17.8 Å². The minimum Gasteiger partial charge on any atom is -0.496 e. The monoisotopic (exact) mass is 236 g/mol. The van der Waals surface area contributed by atoms with Gasteiger partial charge >= 0.3 is 0 Å². The van der Waals surface area contributed by atoms with Crippen LogP contribution in [0.15, 0.2) is 18.2 Å². The smallest absolute Gasteiger partial charge is 0.174 e. The van der Waals surface area contributed by atoms with E-state index in [0.29, 0.717) is 18.0 Å². The summed E-state index contributed by atoms with van der Waals surface area (Å²) >= 11 is 0. The number of hydrogen-bond donors (Lipinski definition) is 1. The number of methoxy groups -OCH3 is 1. The van der Waals surface area contributed by atoms with Gasteiger partial charge in [-0.25, -0.2) is 4.39 Å². The molecule has 90 valence electrons. The number of hydrogen-bond acceptors (Lipinski definition) is 4. The van der Waals surface area contributed by atoms with Crippen molar-refractivity contribution in [1.82, 2.24) is 20.6 Å². The van der Waals surface area contributed by atoms with E-state index in [2.05, 4.69) is 20.6 Å². The van der Waals surface area contributed by atoms with Gasteiger partial charge in [0, 0.05) is 6.42 Å². The molecule has 0 unspecified atom stereocenters. The molecule has 0 atom stereocenters. The van der Waals surface area contributed by atoms with Gasteiger partial charge in [-0.1, -0.05) is 5.21 Å². The van der Waals surface area contributed by atoms with E-state index in [4.69, 9.17) is 4.74 Å². The first-order valence-corrected chi connectivity index (χ1v) is 5.34. The number of halogens is 1. The molecular formula is C11H13FN4O. The number of rotatable bonds is 5. The molecule has 1 aromatic carbocycles. The molecule has 0 aliphatic rings. The average Bonchev–Trinajstić information content (AvgIpc) is 2.82. The van der Waals surface area contributed by atoms with Gasteiger partial charge in [0.25, 0.3) is 0 Å². The first kappa shape index (κ1) is 11.5. The molecule has 0 saturated heterocycles. The standard InChI is InChI=1S/C11H13FN4O/c1-17-10-6-5-9(12)7-8(10)3-2-4-11-13-15-16-14-11/h5-7H,2-4H2,1H3,(H,13,14,15,16). The van der Waals surface area contributed by atoms with Gasteiger partial charge in [-0.05, 0) is 36.6 Å². The summed E-state index contributed by atoms with van der Waals surface area (Å²) in [6, 6.07) is 4.52. The molecule has 2 aromatic rings. The number of benzene rings is 1. The van der Waals surface area contributed by atoms with E-state index in [1.54, 1.807) is 13.2 Å². The van der Waals surface area contributed by atoms with Crippen LogP contribution in [0.25, 0.3) is 0 Å². The highest BCUT2D eigenvalue weighted by Gasteiger charge is 2.05. The average molecular weight is 236 g/mol. The van der Waals surface area contributed by atoms with Gasteiger partial charge in [-0.3, -0.25) is 0 Å². The molecule has 0 bridgehead atoms. The third-order valence-corrected chi connectivity index (χ3v) is 2.48. The van der Waals surface area contributed by atoms with E-state index in [0.717, 1.165) is 18.4 Å². The topological polar surface area (TPSA) is 63.7 Å². The minimum atomic E-state index is -0.250. The van der Waals surface area contributed by atoms with E-state index >= 15 is 0 Å². The number of nitrogens with one attached hydrogen (secondary N) is 1. The number of nitrogens with zero attached hydrogens (tertiary/aromatic N) is 3. The van der Waals surface area contributed by atoms with Crippen LogP contribution in [0.3, 0.4) is 0 Å². The molecule has 0 aliphatic carbocycles. The van der Waals surface area contributed by atoms with Gasteiger partial charge in [0.1, 0.15) is 11.6 Å². The van der Waals surface area contributed by atoms with Crippen LogP contribution in [0, 0.1) is 5.82 Å². The Kier molecular flexibility index (Phi) is 3.64. The zero-order chi connectivity index (χ0) is 12.1. The summed E-state index contributed by atoms with van der Waals surface area (Å²) < 4.78 is 18.3. The van der Waals surface area contributed by atoms with E-state index in [-0.39, 0.29) is 5.82 Å². The molecular weight excluding hydrogens is 223 g/mol. The SMILES string of the molecule is COc1ccc(F)cc1CCCc1nn[nH]n1. The number of ether oxygens (including phenoxy) is 1. The Bertz CT molecular complexity index is 472. The number of aryl methyl sites for hydroxylation is 2. The van der Waals surface area contributed by atoms with Crippen molar-refractivity contribution < 1.29 is 9.13 Å². The van der Waals surface area contributed by atoms with Crippen LogP contribution in [0.5, 0.6) is 5.75 Å². The molecule has 0 radical (unpaired) electrons. The molecule has 0 amide bonds. The lowest BCUT2D eigenvalue weighted by molar-refractivity contribution is 0.407. The van der Waals surface area contributed by atoms with Gasteiger partial charge in [-0.2, -0.15) is 5.21 Å². The second kappa shape index (κ2) is 5.38. The van der Waals surface area contributed by atoms with E-state index in [1.165, 1.54) is 12.1 Å². The first-order chi connectivity index (χ1) is 8.29. The molecule has 0 aliphatic heterocycles. The molecule has 17 heavy (non-hydrogen) atoms. The van der Waals surface area contributed by atoms with Gasteiger partial charge in [-0.15, -0.1) is 10.2 Å². The Labute approximate surface area is 98.0 Å². The molecule has 6 heteroatoms. The summed E-state index contributed by atoms with van der Waals surface area (Å²) in [4.78, 5) is 0. The minimum absolute atomic E-state index is 0.250. The maximum absolute atomic E-state index is 13.1. The van der Waals surface area contributed by atoms with Gasteiger partial charge in [0.05, 0.1) is 7.11 Å². The van der Waals surface area contributed by atoms with Gasteiger partial charge < -0.3 is 4.74 Å². The van der Waals surface area contributed by atoms with E-state index < -0.39 is 0 Å². The number of aromatic nitrogens is 4. The second-order valence-corrected chi connectivity index (χ2v) is 3.64. The van der Waals surface area contributed by atoms with Crippen molar-refractivity contribution in [3.63, 3.8) is 0 Å². The van der Waals surface area contributed by atoms with Crippen molar-refractivity contribution in [2.75, 3.05) is 7.11 Å². The lowest BCUT2D eigenvalue weighted by Crippen LogP contribution is -1.96. The Hall–Kier alpha value is -1.98. The van der Waals surface area contributed by atoms with Crippen LogP contribution in [-0.4, -0.2) is 27.7 Å². The molecule has 0 spiro atoms. The van der Waals surface area contributed by atoms with Crippen LogP contribution in [0.2, 0.25) is 0 Å². The van der Waals surface area contributed by atoms with Crippen LogP contribution in [0.4, 0.5) is 4.39 Å². The summed E-state index contributed by atoms with van der Waals surface area (Å²) in [6.07, 6.45) is 2.24. The molecule has 0 saturated carbocycles. The molecule has 0 fully saturated rings. The van der Waals surface area contributed by atoms with Crippen molar-refractivity contribution >= 4 is 0 Å². The Balaban J connectivity index is 1.96. The zero-order valence-corrected chi connectivity index (χ0v) is 9.48. The zero-order valence-electron chi connectivity index (χ0n) is 9.48. The lowest BCUT2D eigenvalue weighted by atomic mass is 10.1. The lowest BCUT2D eigenvalue weighted by Gasteiger charge is -2.07. The number of aromatic amines is 1. The highest BCUT2D eigenvalue weighted by molar-refractivity contribution is 5.34. The van der Waals surface area contributed by atoms with Gasteiger partial charge in [0.2, 0.25) is 0 Å². The van der Waals surface area contributed by atoms with Crippen LogP contribution >= 0.6 is 0 Å². The Morgan fingerprint density at radius 2 is 2.24 bits per heavy atom. The Morgan fingerprint density at radius 1 is 1.35 bits per heavy atom. The summed E-state index contributed by atoms with van der Waals surface area (Å²) in [5.41, 5.74) is 0.857. The van der Waals surface area contributed by atoms with E-state index in [1.807, 2.05) is 0 Å². The third-order valence-electron chi connectivity index (χ3n) is 2.48. The van der Waals surface area contributed by atoms with Crippen molar-refractivity contribution in [1.29, 1.82) is 0 Å². The normalized spacial score (nSPS) is 10.5. The third kappa shape index (κ3) is 2.99. The maximum atomic E-state index is 13.1. The largest absolute Gasteiger partial charge is 0.496 e. The van der Waals surface area contributed by atoms with Crippen LogP contribution < -0.4 is 4.74 Å². The van der Waals surface area contributed by atoms with Crippen molar-refractivity contribution in [2.24, 2.45) is 0 Å². The van der Waals surface area contributed by atoms with Gasteiger partial charge in [0.15, 0.2) is 5.82 Å². The maximum Gasteiger partial charge on any atom is 0.174 e. The highest BCUT2D eigenvalue weighted by atomic mass is 19.1. The summed E-state index contributed by atoms with van der Waals surface area (Å²) in [6.45, 7) is 0. The first-order valence-electron chi connectivity index (χ1n) is 5.34. The fourth-order valence-electron chi connectivity index (χ4n) is 1.67. The predicted molar refractivity (Wildman–Crippen MR) is 59.2 cm³/mol. The summed E-state index contributed by atoms with van der Waals surface area (Å²) in [7, 11) is 1.58. The van der Waals surface area contributed by atoms with Crippen molar-refractivity contribution in [3.05, 3.63) is 35.4 Å². The molecule has 2 rings (SSSR count). The molecule has 1 aromatic heterocycles. The van der Waals surface area contributed by atoms with Crippen LogP contribution in [-0.2, 0) is 12.8 Å². The number of H-pyrrole nitrogens is 1. The number of tetrazole rings is 1.